The van der Waals surface area contributed by atoms with E-state index in [0.29, 0.717) is 5.69 Å². The fourth-order valence-corrected chi connectivity index (χ4v) is 3.70. The second-order valence-corrected chi connectivity index (χ2v) is 6.35. The molecule has 0 saturated heterocycles. The molecule has 4 nitrogen and oxygen atoms in total. The molecular weight excluding hydrogens is 296 g/mol. The minimum absolute atomic E-state index is 0.646. The van der Waals surface area contributed by atoms with Crippen LogP contribution in [0.5, 0.6) is 0 Å². The number of pyridine rings is 1. The minimum atomic E-state index is 0.646. The lowest BCUT2D eigenvalue weighted by atomic mass is 9.85. The van der Waals surface area contributed by atoms with Gasteiger partial charge in [-0.2, -0.15) is 0 Å². The molecule has 24 heavy (non-hydrogen) atoms. The number of nitrogen functional groups attached to an aromatic ring is 2. The predicted molar refractivity (Wildman–Crippen MR) is 101 cm³/mol. The van der Waals surface area contributed by atoms with Gasteiger partial charge in [-0.1, -0.05) is 12.1 Å². The summed E-state index contributed by atoms with van der Waals surface area (Å²) in [5.41, 5.74) is 19.8. The van der Waals surface area contributed by atoms with Gasteiger partial charge in [-0.25, -0.2) is 4.98 Å². The second-order valence-electron chi connectivity index (χ2n) is 6.35. The molecule has 120 valence electrons. The number of fused-ring (bicyclic) bond motifs is 3. The highest BCUT2D eigenvalue weighted by Gasteiger charge is 2.21. The highest BCUT2D eigenvalue weighted by Crippen LogP contribution is 2.37. The lowest BCUT2D eigenvalue weighted by Gasteiger charge is -2.22. The average Bonchev–Trinajstić information content (AvgIpc) is 2.62. The van der Waals surface area contributed by atoms with Crippen LogP contribution < -0.4 is 11.5 Å². The van der Waals surface area contributed by atoms with Crippen LogP contribution in [-0.4, -0.2) is 11.2 Å². The zero-order valence-electron chi connectivity index (χ0n) is 13.5. The van der Waals surface area contributed by atoms with Crippen molar-refractivity contribution in [3.63, 3.8) is 0 Å². The Labute approximate surface area is 141 Å². The molecule has 0 radical (unpaired) electrons. The Morgan fingerprint density at radius 1 is 0.917 bits per heavy atom. The summed E-state index contributed by atoms with van der Waals surface area (Å²) in [6.07, 6.45) is 5.73. The number of hydrogen-bond donors (Lipinski definition) is 3. The molecule has 0 fully saturated rings. The van der Waals surface area contributed by atoms with Crippen molar-refractivity contribution in [1.82, 2.24) is 4.98 Å². The molecule has 2 aromatic carbocycles. The molecule has 4 rings (SSSR count). The fraction of sp³-hybridized carbons (Fsp3) is 0.200. The number of nitrogens with one attached hydrogen (secondary N) is 1. The van der Waals surface area contributed by atoms with E-state index < -0.39 is 0 Å². The molecule has 0 atom stereocenters. The number of rotatable bonds is 2. The average molecular weight is 316 g/mol. The summed E-state index contributed by atoms with van der Waals surface area (Å²) in [4.78, 5) is 4.94. The van der Waals surface area contributed by atoms with Crippen molar-refractivity contribution in [1.29, 1.82) is 5.41 Å². The van der Waals surface area contributed by atoms with Crippen molar-refractivity contribution in [3.05, 3.63) is 53.1 Å². The molecular formula is C20H20N4. The summed E-state index contributed by atoms with van der Waals surface area (Å²) >= 11 is 0. The van der Waals surface area contributed by atoms with Crippen molar-refractivity contribution in [2.45, 2.75) is 25.7 Å². The summed E-state index contributed by atoms with van der Waals surface area (Å²) in [6.45, 7) is 0. The third kappa shape index (κ3) is 2.22. The number of anilines is 2. The van der Waals surface area contributed by atoms with Gasteiger partial charge in [0.05, 0.1) is 11.2 Å². The van der Waals surface area contributed by atoms with Crippen molar-refractivity contribution >= 4 is 28.5 Å². The Morgan fingerprint density at radius 3 is 2.33 bits per heavy atom. The third-order valence-corrected chi connectivity index (χ3v) is 4.87. The van der Waals surface area contributed by atoms with Crippen LogP contribution in [-0.2, 0) is 12.8 Å². The molecule has 0 amide bonds. The molecule has 1 aromatic heterocycles. The summed E-state index contributed by atoms with van der Waals surface area (Å²) in [5, 5.41) is 8.83. The van der Waals surface area contributed by atoms with Crippen LogP contribution in [0.3, 0.4) is 0 Å². The van der Waals surface area contributed by atoms with Gasteiger partial charge in [0.15, 0.2) is 0 Å². The first-order valence-corrected chi connectivity index (χ1v) is 8.29. The van der Waals surface area contributed by atoms with Gasteiger partial charge in [0.25, 0.3) is 0 Å². The lowest BCUT2D eigenvalue weighted by Crippen LogP contribution is -2.09. The summed E-state index contributed by atoms with van der Waals surface area (Å²) in [6, 6.07) is 11.7. The number of aromatic nitrogens is 1. The van der Waals surface area contributed by atoms with Crippen molar-refractivity contribution < 1.29 is 0 Å². The van der Waals surface area contributed by atoms with Crippen LogP contribution in [0, 0.1) is 5.41 Å². The largest absolute Gasteiger partial charge is 0.399 e. The van der Waals surface area contributed by atoms with Gasteiger partial charge in [0, 0.05) is 34.1 Å². The van der Waals surface area contributed by atoms with E-state index in [4.69, 9.17) is 21.9 Å². The summed E-state index contributed by atoms with van der Waals surface area (Å²) in [5.74, 6) is 0. The quantitative estimate of drug-likeness (QED) is 0.494. The number of nitrogens with zero attached hydrogens (tertiary/aromatic N) is 1. The van der Waals surface area contributed by atoms with Gasteiger partial charge in [0.2, 0.25) is 0 Å². The monoisotopic (exact) mass is 316 g/mol. The first-order chi connectivity index (χ1) is 11.7. The van der Waals surface area contributed by atoms with E-state index in [1.165, 1.54) is 30.2 Å². The molecule has 0 bridgehead atoms. The SMILES string of the molecule is N=Cc1c(N)ccc2nc(-c3ccc(N)cc3)c3c(c12)CCCC3. The summed E-state index contributed by atoms with van der Waals surface area (Å²) < 4.78 is 0. The summed E-state index contributed by atoms with van der Waals surface area (Å²) in [7, 11) is 0. The predicted octanol–water partition coefficient (Wildman–Crippen LogP) is 3.94. The van der Waals surface area contributed by atoms with E-state index in [-0.39, 0.29) is 0 Å². The number of benzene rings is 2. The first-order valence-electron chi connectivity index (χ1n) is 8.29. The normalized spacial score (nSPS) is 13.7. The zero-order valence-corrected chi connectivity index (χ0v) is 13.5. The Bertz CT molecular complexity index is 942. The molecule has 1 heterocycles. The van der Waals surface area contributed by atoms with Gasteiger partial charge in [-0.15, -0.1) is 0 Å². The Balaban J connectivity index is 2.08. The van der Waals surface area contributed by atoms with Crippen LogP contribution in [0.15, 0.2) is 36.4 Å². The molecule has 3 aromatic rings. The van der Waals surface area contributed by atoms with Crippen molar-refractivity contribution in [2.75, 3.05) is 11.5 Å². The number of nitrogens with two attached hydrogens (primary N) is 2. The fourth-order valence-electron chi connectivity index (χ4n) is 3.70. The van der Waals surface area contributed by atoms with Gasteiger partial charge in [-0.05, 0) is 61.1 Å². The molecule has 0 spiro atoms. The van der Waals surface area contributed by atoms with Crippen LogP contribution in [0.4, 0.5) is 11.4 Å². The standard InChI is InChI=1S/C20H20N4/c21-11-16-17(23)9-10-18-19(16)14-3-1-2-4-15(14)20(24-18)12-5-7-13(22)8-6-12/h5-11,21H,1-4,22-23H2. The Hall–Kier alpha value is -2.88. The second kappa shape index (κ2) is 5.64. The number of aryl methyl sites for hydroxylation is 1. The molecule has 0 saturated carbocycles. The van der Waals surface area contributed by atoms with Crippen LogP contribution in [0.1, 0.15) is 29.5 Å². The van der Waals surface area contributed by atoms with E-state index >= 15 is 0 Å². The smallest absolute Gasteiger partial charge is 0.0744 e. The Kier molecular flexibility index (Phi) is 3.45. The molecule has 5 N–H and O–H groups in total. The van der Waals surface area contributed by atoms with Crippen LogP contribution in [0.25, 0.3) is 22.2 Å². The van der Waals surface area contributed by atoms with E-state index in [1.807, 2.05) is 36.4 Å². The maximum atomic E-state index is 7.78. The number of hydrogen-bond acceptors (Lipinski definition) is 4. The maximum Gasteiger partial charge on any atom is 0.0744 e. The van der Waals surface area contributed by atoms with Crippen LogP contribution in [0.2, 0.25) is 0 Å². The highest BCUT2D eigenvalue weighted by molar-refractivity contribution is 6.05. The van der Waals surface area contributed by atoms with Gasteiger partial charge in [-0.3, -0.25) is 0 Å². The zero-order chi connectivity index (χ0) is 16.7. The third-order valence-electron chi connectivity index (χ3n) is 4.87. The van der Waals surface area contributed by atoms with Gasteiger partial charge in [0.1, 0.15) is 0 Å². The molecule has 0 unspecified atom stereocenters. The van der Waals surface area contributed by atoms with Crippen molar-refractivity contribution in [3.8, 4) is 11.3 Å². The molecule has 1 aliphatic rings. The van der Waals surface area contributed by atoms with Gasteiger partial charge >= 0.3 is 0 Å². The highest BCUT2D eigenvalue weighted by atomic mass is 14.7. The van der Waals surface area contributed by atoms with E-state index in [1.54, 1.807) is 0 Å². The van der Waals surface area contributed by atoms with E-state index in [0.717, 1.165) is 46.3 Å². The van der Waals surface area contributed by atoms with E-state index in [9.17, 15) is 0 Å². The molecule has 1 aliphatic carbocycles. The van der Waals surface area contributed by atoms with E-state index in [2.05, 4.69) is 0 Å². The van der Waals surface area contributed by atoms with Gasteiger partial charge < -0.3 is 16.9 Å². The Morgan fingerprint density at radius 2 is 1.62 bits per heavy atom. The minimum Gasteiger partial charge on any atom is -0.399 e. The molecule has 4 heteroatoms. The maximum absolute atomic E-state index is 7.78. The van der Waals surface area contributed by atoms with Crippen molar-refractivity contribution in [2.24, 2.45) is 0 Å². The molecule has 0 aliphatic heterocycles. The topological polar surface area (TPSA) is 88.8 Å². The lowest BCUT2D eigenvalue weighted by molar-refractivity contribution is 0.689. The van der Waals surface area contributed by atoms with Crippen LogP contribution >= 0.6 is 0 Å². The first kappa shape index (κ1) is 14.7.